The lowest BCUT2D eigenvalue weighted by Crippen LogP contribution is -2.36. The molecule has 0 heterocycles. The Labute approximate surface area is 91.1 Å². The van der Waals surface area contributed by atoms with Crippen molar-refractivity contribution in [3.8, 4) is 0 Å². The van der Waals surface area contributed by atoms with Crippen LogP contribution in [0.3, 0.4) is 0 Å². The third kappa shape index (κ3) is 3.27. The highest BCUT2D eigenvalue weighted by molar-refractivity contribution is 5.83. The van der Waals surface area contributed by atoms with Gasteiger partial charge in [0.05, 0.1) is 0 Å². The van der Waals surface area contributed by atoms with E-state index in [4.69, 9.17) is 0 Å². The van der Waals surface area contributed by atoms with Gasteiger partial charge in [0.15, 0.2) is 0 Å². The second-order valence-corrected chi connectivity index (χ2v) is 3.96. The van der Waals surface area contributed by atoms with Crippen molar-refractivity contribution in [2.45, 2.75) is 19.9 Å². The van der Waals surface area contributed by atoms with Crippen molar-refractivity contribution < 1.29 is 4.79 Å². The van der Waals surface area contributed by atoms with Gasteiger partial charge in [0, 0.05) is 19.8 Å². The predicted octanol–water partition coefficient (Wildman–Crippen LogP) is 1.88. The Hall–Kier alpha value is -1.51. The van der Waals surface area contributed by atoms with Gasteiger partial charge in [0.25, 0.3) is 0 Å². The first-order valence-corrected chi connectivity index (χ1v) is 5.05. The zero-order chi connectivity index (χ0) is 11.4. The molecule has 1 aromatic carbocycles. The molecule has 3 nitrogen and oxygen atoms in total. The maximum Gasteiger partial charge on any atom is 0.244 e. The van der Waals surface area contributed by atoms with Crippen molar-refractivity contribution >= 4 is 11.6 Å². The van der Waals surface area contributed by atoms with Crippen LogP contribution in [0.25, 0.3) is 0 Å². The van der Waals surface area contributed by atoms with E-state index in [2.05, 4.69) is 5.32 Å². The van der Waals surface area contributed by atoms with Crippen molar-refractivity contribution in [2.24, 2.45) is 0 Å². The molecule has 0 aliphatic carbocycles. The second kappa shape index (κ2) is 4.82. The molecule has 0 aliphatic rings. The largest absolute Gasteiger partial charge is 0.374 e. The highest BCUT2D eigenvalue weighted by Gasteiger charge is 2.13. The van der Waals surface area contributed by atoms with E-state index >= 15 is 0 Å². The van der Waals surface area contributed by atoms with E-state index in [0.29, 0.717) is 0 Å². The molecule has 15 heavy (non-hydrogen) atoms. The number of aryl methyl sites for hydroxylation is 1. The maximum atomic E-state index is 11.6. The van der Waals surface area contributed by atoms with Crippen molar-refractivity contribution in [3.63, 3.8) is 0 Å². The lowest BCUT2D eigenvalue weighted by atomic mass is 10.2. The van der Waals surface area contributed by atoms with Gasteiger partial charge in [-0.25, -0.2) is 0 Å². The van der Waals surface area contributed by atoms with E-state index in [0.717, 1.165) is 5.69 Å². The normalized spacial score (nSPS) is 12.0. The quantitative estimate of drug-likeness (QED) is 0.819. The Bertz CT molecular complexity index is 330. The first-order valence-electron chi connectivity index (χ1n) is 5.05. The molecule has 3 heteroatoms. The first-order chi connectivity index (χ1) is 7.00. The summed E-state index contributed by atoms with van der Waals surface area (Å²) in [6.07, 6.45) is 0. The maximum absolute atomic E-state index is 11.6. The van der Waals surface area contributed by atoms with E-state index in [-0.39, 0.29) is 11.9 Å². The number of nitrogens with one attached hydrogen (secondary N) is 1. The van der Waals surface area contributed by atoms with Crippen molar-refractivity contribution in [3.05, 3.63) is 29.8 Å². The van der Waals surface area contributed by atoms with Crippen molar-refractivity contribution in [1.82, 2.24) is 4.90 Å². The number of carbonyl (C=O) groups excluding carboxylic acids is 1. The molecule has 0 saturated heterocycles. The lowest BCUT2D eigenvalue weighted by molar-refractivity contribution is -0.129. The standard InChI is InChI=1S/C12H18N2O/c1-9-5-7-11(8-6-9)13-10(2)12(15)14(3)4/h5-8,10,13H,1-4H3. The minimum absolute atomic E-state index is 0.0792. The second-order valence-electron chi connectivity index (χ2n) is 3.96. The van der Waals surface area contributed by atoms with Crippen LogP contribution in [0.2, 0.25) is 0 Å². The Morgan fingerprint density at radius 2 is 1.80 bits per heavy atom. The fourth-order valence-corrected chi connectivity index (χ4v) is 1.35. The number of amides is 1. The van der Waals surface area contributed by atoms with E-state index < -0.39 is 0 Å². The summed E-state index contributed by atoms with van der Waals surface area (Å²) < 4.78 is 0. The number of carbonyl (C=O) groups is 1. The van der Waals surface area contributed by atoms with Gasteiger partial charge in [0.2, 0.25) is 5.91 Å². The van der Waals surface area contributed by atoms with Gasteiger partial charge in [-0.15, -0.1) is 0 Å². The third-order valence-electron chi connectivity index (χ3n) is 2.25. The smallest absolute Gasteiger partial charge is 0.244 e. The highest BCUT2D eigenvalue weighted by Crippen LogP contribution is 2.10. The number of rotatable bonds is 3. The van der Waals surface area contributed by atoms with Crippen LogP contribution in [-0.4, -0.2) is 30.9 Å². The van der Waals surface area contributed by atoms with Gasteiger partial charge in [0.1, 0.15) is 6.04 Å². The molecule has 0 fully saturated rings. The van der Waals surface area contributed by atoms with Gasteiger partial charge in [-0.1, -0.05) is 17.7 Å². The molecule has 1 rings (SSSR count). The minimum Gasteiger partial charge on any atom is -0.374 e. The molecule has 1 amide bonds. The summed E-state index contributed by atoms with van der Waals surface area (Å²) in [5, 5.41) is 3.16. The molecular weight excluding hydrogens is 188 g/mol. The summed E-state index contributed by atoms with van der Waals surface area (Å²) in [4.78, 5) is 13.2. The van der Waals surface area contributed by atoms with Crippen LogP contribution < -0.4 is 5.32 Å². The summed E-state index contributed by atoms with van der Waals surface area (Å²) in [6.45, 7) is 3.90. The molecule has 0 aromatic heterocycles. The molecule has 0 aliphatic heterocycles. The van der Waals surface area contributed by atoms with Crippen LogP contribution in [0.1, 0.15) is 12.5 Å². The van der Waals surface area contributed by atoms with Crippen LogP contribution in [0.15, 0.2) is 24.3 Å². The molecule has 1 unspecified atom stereocenters. The molecule has 1 aromatic rings. The van der Waals surface area contributed by atoms with Gasteiger partial charge in [-0.3, -0.25) is 4.79 Å². The van der Waals surface area contributed by atoms with Crippen molar-refractivity contribution in [1.29, 1.82) is 0 Å². The molecular formula is C12H18N2O. The summed E-state index contributed by atoms with van der Waals surface area (Å²) in [5.41, 5.74) is 2.19. The Morgan fingerprint density at radius 3 is 2.27 bits per heavy atom. The van der Waals surface area contributed by atoms with Crippen LogP contribution >= 0.6 is 0 Å². The predicted molar refractivity (Wildman–Crippen MR) is 63.0 cm³/mol. The number of likely N-dealkylation sites (N-methyl/N-ethyl adjacent to an activating group) is 1. The lowest BCUT2D eigenvalue weighted by Gasteiger charge is -2.18. The molecule has 82 valence electrons. The molecule has 0 spiro atoms. The van der Waals surface area contributed by atoms with Gasteiger partial charge in [-0.05, 0) is 26.0 Å². The van der Waals surface area contributed by atoms with Crippen LogP contribution in [0, 0.1) is 6.92 Å². The molecule has 0 saturated carbocycles. The summed E-state index contributed by atoms with van der Waals surface area (Å²) in [6, 6.07) is 7.82. The molecule has 1 atom stereocenters. The number of nitrogens with zero attached hydrogens (tertiary/aromatic N) is 1. The average Bonchev–Trinajstić information content (AvgIpc) is 2.20. The molecule has 0 bridgehead atoms. The number of anilines is 1. The fraction of sp³-hybridized carbons (Fsp3) is 0.417. The van der Waals surface area contributed by atoms with Gasteiger partial charge in [-0.2, -0.15) is 0 Å². The van der Waals surface area contributed by atoms with Crippen LogP contribution in [0.4, 0.5) is 5.69 Å². The third-order valence-corrected chi connectivity index (χ3v) is 2.25. The average molecular weight is 206 g/mol. The van der Waals surface area contributed by atoms with Crippen molar-refractivity contribution in [2.75, 3.05) is 19.4 Å². The van der Waals surface area contributed by atoms with E-state index in [1.807, 2.05) is 38.1 Å². The first kappa shape index (κ1) is 11.6. The SMILES string of the molecule is Cc1ccc(NC(C)C(=O)N(C)C)cc1. The van der Waals surface area contributed by atoms with E-state index in [1.165, 1.54) is 5.56 Å². The van der Waals surface area contributed by atoms with Crippen LogP contribution in [0.5, 0.6) is 0 Å². The Morgan fingerprint density at radius 1 is 1.27 bits per heavy atom. The summed E-state index contributed by atoms with van der Waals surface area (Å²) in [5.74, 6) is 0.0792. The van der Waals surface area contributed by atoms with Gasteiger partial charge >= 0.3 is 0 Å². The number of benzene rings is 1. The summed E-state index contributed by atoms with van der Waals surface area (Å²) >= 11 is 0. The van der Waals surface area contributed by atoms with Gasteiger partial charge < -0.3 is 10.2 Å². The Balaban J connectivity index is 2.62. The molecule has 1 N–H and O–H groups in total. The summed E-state index contributed by atoms with van der Waals surface area (Å²) in [7, 11) is 3.52. The fourth-order valence-electron chi connectivity index (χ4n) is 1.35. The molecule has 0 radical (unpaired) electrons. The number of hydrogen-bond donors (Lipinski definition) is 1. The van der Waals surface area contributed by atoms with Crippen LogP contribution in [-0.2, 0) is 4.79 Å². The minimum atomic E-state index is -0.192. The number of hydrogen-bond acceptors (Lipinski definition) is 2. The highest BCUT2D eigenvalue weighted by atomic mass is 16.2. The zero-order valence-corrected chi connectivity index (χ0v) is 9.74. The zero-order valence-electron chi connectivity index (χ0n) is 9.74. The van der Waals surface area contributed by atoms with E-state index in [1.54, 1.807) is 19.0 Å². The Kier molecular flexibility index (Phi) is 3.72. The topological polar surface area (TPSA) is 32.3 Å². The van der Waals surface area contributed by atoms with E-state index in [9.17, 15) is 4.79 Å². The monoisotopic (exact) mass is 206 g/mol.